The topological polar surface area (TPSA) is 72.4 Å². The molecule has 0 N–H and O–H groups in total. The summed E-state index contributed by atoms with van der Waals surface area (Å²) in [6.07, 6.45) is -2.96. The van der Waals surface area contributed by atoms with E-state index in [0.29, 0.717) is 6.07 Å². The molecule has 0 spiro atoms. The molecule has 2 rings (SSSR count). The Balaban J connectivity index is 2.62. The normalized spacial score (nSPS) is 12.3. The molecule has 11 heteroatoms. The Morgan fingerprint density at radius 2 is 1.85 bits per heavy atom. The highest BCUT2D eigenvalue weighted by molar-refractivity contribution is 7.90. The molecule has 0 aliphatic heterocycles. The zero-order valence-electron chi connectivity index (χ0n) is 14.0. The third-order valence-corrected chi connectivity index (χ3v) is 3.98. The second kappa shape index (κ2) is 7.06. The first-order chi connectivity index (χ1) is 11.9. The van der Waals surface area contributed by atoms with Crippen LogP contribution in [-0.4, -0.2) is 37.0 Å². The standard InChI is InChI=1S/C15H15F4N3O3S/c1-9(2)22(13-6-7-20-14(21-13)26(3,23)24)11-5-4-10(16)8-12(11)25-15(17,18)19/h4-9H,1-3H3. The maximum Gasteiger partial charge on any atom is 0.573 e. The number of halogens is 4. The van der Waals surface area contributed by atoms with Crippen molar-refractivity contribution in [1.29, 1.82) is 0 Å². The lowest BCUT2D eigenvalue weighted by atomic mass is 10.2. The zero-order chi connectivity index (χ0) is 19.7. The van der Waals surface area contributed by atoms with Crippen LogP contribution in [0, 0.1) is 5.82 Å². The van der Waals surface area contributed by atoms with Gasteiger partial charge in [0, 0.05) is 24.6 Å². The Morgan fingerprint density at radius 3 is 2.38 bits per heavy atom. The zero-order valence-corrected chi connectivity index (χ0v) is 14.8. The number of anilines is 2. The van der Waals surface area contributed by atoms with Crippen LogP contribution in [0.5, 0.6) is 5.75 Å². The summed E-state index contributed by atoms with van der Waals surface area (Å²) in [4.78, 5) is 8.83. The van der Waals surface area contributed by atoms with Gasteiger partial charge in [-0.2, -0.15) is 0 Å². The van der Waals surface area contributed by atoms with Crippen LogP contribution in [0.4, 0.5) is 29.1 Å². The van der Waals surface area contributed by atoms with Gasteiger partial charge in [0.15, 0.2) is 5.75 Å². The van der Waals surface area contributed by atoms with E-state index >= 15 is 0 Å². The van der Waals surface area contributed by atoms with Crippen LogP contribution in [0.2, 0.25) is 0 Å². The number of sulfone groups is 1. The molecule has 0 amide bonds. The fraction of sp³-hybridized carbons (Fsp3) is 0.333. The number of ether oxygens (including phenoxy) is 1. The monoisotopic (exact) mass is 393 g/mol. The smallest absolute Gasteiger partial charge is 0.403 e. The molecule has 6 nitrogen and oxygen atoms in total. The Morgan fingerprint density at radius 1 is 1.19 bits per heavy atom. The maximum atomic E-state index is 13.4. The minimum atomic E-state index is -5.03. The Hall–Kier alpha value is -2.43. The Labute approximate surface area is 147 Å². The van der Waals surface area contributed by atoms with E-state index < -0.39 is 39.0 Å². The van der Waals surface area contributed by atoms with Crippen LogP contribution in [0.25, 0.3) is 0 Å². The third-order valence-electron chi connectivity index (χ3n) is 3.12. The van der Waals surface area contributed by atoms with Gasteiger partial charge in [-0.25, -0.2) is 22.8 Å². The van der Waals surface area contributed by atoms with E-state index in [9.17, 15) is 26.0 Å². The van der Waals surface area contributed by atoms with Gasteiger partial charge < -0.3 is 9.64 Å². The van der Waals surface area contributed by atoms with Gasteiger partial charge >= 0.3 is 6.36 Å². The van der Waals surface area contributed by atoms with Gasteiger partial charge in [0.1, 0.15) is 11.6 Å². The molecule has 2 aromatic rings. The summed E-state index contributed by atoms with van der Waals surface area (Å²) in [5, 5.41) is -0.485. The van der Waals surface area contributed by atoms with Crippen molar-refractivity contribution in [3.63, 3.8) is 0 Å². The van der Waals surface area contributed by atoms with Gasteiger partial charge in [0.05, 0.1) is 5.69 Å². The largest absolute Gasteiger partial charge is 0.573 e. The molecule has 1 aromatic heterocycles. The van der Waals surface area contributed by atoms with Crippen molar-refractivity contribution >= 4 is 21.3 Å². The second-order valence-corrected chi connectivity index (χ2v) is 7.50. The molecule has 142 valence electrons. The molecule has 1 aromatic carbocycles. The maximum absolute atomic E-state index is 13.4. The first-order valence-corrected chi connectivity index (χ1v) is 9.15. The Kier molecular flexibility index (Phi) is 5.40. The fourth-order valence-corrected chi connectivity index (χ4v) is 2.72. The van der Waals surface area contributed by atoms with E-state index in [2.05, 4.69) is 14.7 Å². The lowest BCUT2D eigenvalue weighted by Crippen LogP contribution is -2.28. The molecule has 0 aliphatic carbocycles. The highest BCUT2D eigenvalue weighted by atomic mass is 32.2. The van der Waals surface area contributed by atoms with Crippen LogP contribution in [0.3, 0.4) is 0 Å². The molecule has 0 saturated heterocycles. The summed E-state index contributed by atoms with van der Waals surface area (Å²) >= 11 is 0. The summed E-state index contributed by atoms with van der Waals surface area (Å²) < 4.78 is 78.7. The molecule has 0 radical (unpaired) electrons. The number of alkyl halides is 3. The molecule has 0 bridgehead atoms. The fourth-order valence-electron chi connectivity index (χ4n) is 2.20. The van der Waals surface area contributed by atoms with Crippen molar-refractivity contribution in [2.45, 2.75) is 31.4 Å². The number of nitrogens with zero attached hydrogens (tertiary/aromatic N) is 3. The quantitative estimate of drug-likeness (QED) is 0.572. The molecule has 0 fully saturated rings. The highest BCUT2D eigenvalue weighted by Crippen LogP contribution is 2.38. The predicted molar refractivity (Wildman–Crippen MR) is 85.5 cm³/mol. The number of aromatic nitrogens is 2. The van der Waals surface area contributed by atoms with Gasteiger partial charge in [-0.3, -0.25) is 0 Å². The molecular weight excluding hydrogens is 378 g/mol. The Bertz CT molecular complexity index is 901. The molecule has 0 aliphatic rings. The van der Waals surface area contributed by atoms with Gasteiger partial charge in [0.25, 0.3) is 0 Å². The molecule has 26 heavy (non-hydrogen) atoms. The molecule has 0 saturated carbocycles. The van der Waals surface area contributed by atoms with Crippen LogP contribution >= 0.6 is 0 Å². The van der Waals surface area contributed by atoms with Crippen molar-refractivity contribution in [3.8, 4) is 5.75 Å². The number of hydrogen-bond acceptors (Lipinski definition) is 6. The highest BCUT2D eigenvalue weighted by Gasteiger charge is 2.34. The summed E-state index contributed by atoms with van der Waals surface area (Å²) in [6, 6.07) is 3.52. The molecule has 0 unspecified atom stereocenters. The average molecular weight is 393 g/mol. The predicted octanol–water partition coefficient (Wildman–Crippen LogP) is 3.46. The van der Waals surface area contributed by atoms with Gasteiger partial charge in [0.2, 0.25) is 15.0 Å². The number of rotatable bonds is 5. The van der Waals surface area contributed by atoms with Gasteiger partial charge in [-0.15, -0.1) is 13.2 Å². The van der Waals surface area contributed by atoms with Crippen molar-refractivity contribution < 1.29 is 30.7 Å². The van der Waals surface area contributed by atoms with Crippen molar-refractivity contribution in [2.24, 2.45) is 0 Å². The summed E-state index contributed by atoms with van der Waals surface area (Å²) in [5.41, 5.74) is -0.128. The van der Waals surface area contributed by atoms with E-state index in [1.807, 2.05) is 0 Å². The summed E-state index contributed by atoms with van der Waals surface area (Å²) in [6.45, 7) is 3.28. The minimum absolute atomic E-state index is 0.0223. The second-order valence-electron chi connectivity index (χ2n) is 5.59. The lowest BCUT2D eigenvalue weighted by molar-refractivity contribution is -0.274. The van der Waals surface area contributed by atoms with Crippen molar-refractivity contribution in [3.05, 3.63) is 36.3 Å². The van der Waals surface area contributed by atoms with Crippen LogP contribution < -0.4 is 9.64 Å². The minimum Gasteiger partial charge on any atom is -0.403 e. The SMILES string of the molecule is CC(C)N(c1ccnc(S(C)(=O)=O)n1)c1ccc(F)cc1OC(F)(F)F. The lowest BCUT2D eigenvalue weighted by Gasteiger charge is -2.29. The third kappa shape index (κ3) is 4.81. The number of hydrogen-bond donors (Lipinski definition) is 0. The molecule has 1 heterocycles. The van der Waals surface area contributed by atoms with E-state index in [1.54, 1.807) is 13.8 Å². The van der Waals surface area contributed by atoms with E-state index in [4.69, 9.17) is 0 Å². The van der Waals surface area contributed by atoms with E-state index in [0.717, 1.165) is 18.4 Å². The first-order valence-electron chi connectivity index (χ1n) is 7.26. The van der Waals surface area contributed by atoms with E-state index in [-0.39, 0.29) is 11.5 Å². The van der Waals surface area contributed by atoms with Crippen molar-refractivity contribution in [2.75, 3.05) is 11.2 Å². The first kappa shape index (κ1) is 19.9. The van der Waals surface area contributed by atoms with Crippen LogP contribution in [-0.2, 0) is 9.84 Å². The van der Waals surface area contributed by atoms with Gasteiger partial charge in [-0.05, 0) is 32.0 Å². The van der Waals surface area contributed by atoms with Gasteiger partial charge in [-0.1, -0.05) is 0 Å². The van der Waals surface area contributed by atoms with Crippen LogP contribution in [0.1, 0.15) is 13.8 Å². The summed E-state index contributed by atoms with van der Waals surface area (Å²) in [7, 11) is -3.73. The van der Waals surface area contributed by atoms with Crippen molar-refractivity contribution in [1.82, 2.24) is 9.97 Å². The summed E-state index contributed by atoms with van der Waals surface area (Å²) in [5.74, 6) is -1.67. The van der Waals surface area contributed by atoms with E-state index in [1.165, 1.54) is 17.2 Å². The molecular formula is C15H15F4N3O3S. The number of benzene rings is 1. The average Bonchev–Trinajstić information content (AvgIpc) is 2.47. The van der Waals surface area contributed by atoms with Crippen LogP contribution in [0.15, 0.2) is 35.6 Å². The molecule has 0 atom stereocenters.